The van der Waals surface area contributed by atoms with Crippen molar-refractivity contribution in [2.75, 3.05) is 11.1 Å². The Hall–Kier alpha value is -0.380. The van der Waals surface area contributed by atoms with Gasteiger partial charge in [-0.3, -0.25) is 4.79 Å². The van der Waals surface area contributed by atoms with Gasteiger partial charge in [0, 0.05) is 11.4 Å². The minimum atomic E-state index is -0.0739. The van der Waals surface area contributed by atoms with Gasteiger partial charge in [-0.25, -0.2) is 0 Å². The van der Waals surface area contributed by atoms with Gasteiger partial charge in [-0.2, -0.15) is 0 Å². The quantitative estimate of drug-likeness (QED) is 0.859. The molecule has 1 amide bonds. The molecule has 82 valence electrons. The topological polar surface area (TPSA) is 29.1 Å². The molecule has 0 bridgehead atoms. The Labute approximate surface area is 103 Å². The summed E-state index contributed by atoms with van der Waals surface area (Å²) >= 11 is 12.8. The molecule has 0 radical (unpaired) electrons. The number of carbonyl (C=O) groups excluding carboxylic acids is 1. The zero-order valence-electron chi connectivity index (χ0n) is 8.22. The SMILES string of the molecule is CCCSC(=O)Nc1ccc(Cl)c(Cl)c1. The van der Waals surface area contributed by atoms with Gasteiger partial charge in [0.15, 0.2) is 0 Å². The highest BCUT2D eigenvalue weighted by Crippen LogP contribution is 2.25. The number of hydrogen-bond donors (Lipinski definition) is 1. The largest absolute Gasteiger partial charge is 0.317 e. The molecule has 0 unspecified atom stereocenters. The van der Waals surface area contributed by atoms with Crippen LogP contribution in [0.1, 0.15) is 13.3 Å². The van der Waals surface area contributed by atoms with E-state index in [-0.39, 0.29) is 5.24 Å². The van der Waals surface area contributed by atoms with E-state index < -0.39 is 0 Å². The molecule has 0 fully saturated rings. The number of benzene rings is 1. The van der Waals surface area contributed by atoms with E-state index in [1.165, 1.54) is 11.8 Å². The van der Waals surface area contributed by atoms with Crippen LogP contribution >= 0.6 is 35.0 Å². The van der Waals surface area contributed by atoms with E-state index in [0.717, 1.165) is 12.2 Å². The maximum Gasteiger partial charge on any atom is 0.283 e. The number of carbonyl (C=O) groups is 1. The second kappa shape index (κ2) is 6.26. The second-order valence-electron chi connectivity index (χ2n) is 2.89. The van der Waals surface area contributed by atoms with Crippen LogP contribution < -0.4 is 5.32 Å². The van der Waals surface area contributed by atoms with E-state index >= 15 is 0 Å². The van der Waals surface area contributed by atoms with Crippen molar-refractivity contribution in [3.05, 3.63) is 28.2 Å². The standard InChI is InChI=1S/C10H11Cl2NOS/c1-2-5-15-10(14)13-7-3-4-8(11)9(12)6-7/h3-4,6H,2,5H2,1H3,(H,13,14). The van der Waals surface area contributed by atoms with Crippen LogP contribution in [0.25, 0.3) is 0 Å². The van der Waals surface area contributed by atoms with Crippen molar-refractivity contribution < 1.29 is 4.79 Å². The molecule has 2 nitrogen and oxygen atoms in total. The summed E-state index contributed by atoms with van der Waals surface area (Å²) in [4.78, 5) is 11.3. The van der Waals surface area contributed by atoms with Gasteiger partial charge in [0.05, 0.1) is 10.0 Å². The van der Waals surface area contributed by atoms with E-state index in [9.17, 15) is 4.79 Å². The summed E-state index contributed by atoms with van der Waals surface area (Å²) in [6.07, 6.45) is 0.972. The van der Waals surface area contributed by atoms with Crippen molar-refractivity contribution in [1.82, 2.24) is 0 Å². The Morgan fingerprint density at radius 2 is 2.13 bits per heavy atom. The molecule has 15 heavy (non-hydrogen) atoms. The van der Waals surface area contributed by atoms with Gasteiger partial charge in [0.2, 0.25) is 0 Å². The highest BCUT2D eigenvalue weighted by atomic mass is 35.5. The van der Waals surface area contributed by atoms with Crippen LogP contribution in [0, 0.1) is 0 Å². The van der Waals surface area contributed by atoms with Crippen LogP contribution in [0.4, 0.5) is 10.5 Å². The Kier molecular flexibility index (Phi) is 5.29. The normalized spacial score (nSPS) is 10.1. The van der Waals surface area contributed by atoms with E-state index in [0.29, 0.717) is 15.7 Å². The van der Waals surface area contributed by atoms with Gasteiger partial charge < -0.3 is 5.32 Å². The minimum Gasteiger partial charge on any atom is -0.317 e. The van der Waals surface area contributed by atoms with Crippen LogP contribution in [0.2, 0.25) is 10.0 Å². The third-order valence-corrected chi connectivity index (χ3v) is 3.32. The van der Waals surface area contributed by atoms with E-state index in [1.54, 1.807) is 18.2 Å². The Bertz CT molecular complexity index is 357. The highest BCUT2D eigenvalue weighted by molar-refractivity contribution is 8.13. The predicted molar refractivity (Wildman–Crippen MR) is 68.2 cm³/mol. The molecular weight excluding hydrogens is 253 g/mol. The molecule has 1 aromatic carbocycles. The fraction of sp³-hybridized carbons (Fsp3) is 0.300. The third kappa shape index (κ3) is 4.33. The summed E-state index contributed by atoms with van der Waals surface area (Å²) in [7, 11) is 0. The van der Waals surface area contributed by atoms with Gasteiger partial charge in [-0.1, -0.05) is 41.9 Å². The number of hydrogen-bond acceptors (Lipinski definition) is 2. The Morgan fingerprint density at radius 1 is 1.40 bits per heavy atom. The lowest BCUT2D eigenvalue weighted by molar-refractivity contribution is 0.270. The van der Waals surface area contributed by atoms with E-state index in [2.05, 4.69) is 5.32 Å². The molecule has 0 aromatic heterocycles. The van der Waals surface area contributed by atoms with Gasteiger partial charge in [-0.05, 0) is 24.6 Å². The molecule has 0 aliphatic rings. The van der Waals surface area contributed by atoms with Gasteiger partial charge >= 0.3 is 0 Å². The first kappa shape index (κ1) is 12.7. The molecule has 0 atom stereocenters. The number of anilines is 1. The van der Waals surface area contributed by atoms with Gasteiger partial charge in [-0.15, -0.1) is 0 Å². The first-order chi connectivity index (χ1) is 7.13. The van der Waals surface area contributed by atoms with E-state index in [1.807, 2.05) is 6.92 Å². The van der Waals surface area contributed by atoms with Crippen molar-refractivity contribution in [2.45, 2.75) is 13.3 Å². The Balaban J connectivity index is 2.57. The van der Waals surface area contributed by atoms with Crippen molar-refractivity contribution in [3.8, 4) is 0 Å². The third-order valence-electron chi connectivity index (χ3n) is 1.60. The van der Waals surface area contributed by atoms with Crippen molar-refractivity contribution in [3.63, 3.8) is 0 Å². The van der Waals surface area contributed by atoms with Crippen LogP contribution in [0.15, 0.2) is 18.2 Å². The number of thioether (sulfide) groups is 1. The highest BCUT2D eigenvalue weighted by Gasteiger charge is 2.04. The molecule has 0 saturated heterocycles. The molecule has 0 heterocycles. The smallest absolute Gasteiger partial charge is 0.283 e. The van der Waals surface area contributed by atoms with Crippen LogP contribution in [-0.2, 0) is 0 Å². The molecule has 1 rings (SSSR count). The van der Waals surface area contributed by atoms with Crippen LogP contribution in [-0.4, -0.2) is 11.0 Å². The zero-order valence-corrected chi connectivity index (χ0v) is 10.5. The van der Waals surface area contributed by atoms with Gasteiger partial charge in [0.1, 0.15) is 0 Å². The lowest BCUT2D eigenvalue weighted by Crippen LogP contribution is -2.05. The van der Waals surface area contributed by atoms with Crippen LogP contribution in [0.5, 0.6) is 0 Å². The summed E-state index contributed by atoms with van der Waals surface area (Å²) in [5.41, 5.74) is 0.665. The summed E-state index contributed by atoms with van der Waals surface area (Å²) in [5.74, 6) is 0.813. The number of halogens is 2. The summed E-state index contributed by atoms with van der Waals surface area (Å²) in [5, 5.41) is 3.57. The molecule has 0 aliphatic heterocycles. The van der Waals surface area contributed by atoms with Crippen LogP contribution in [0.3, 0.4) is 0 Å². The van der Waals surface area contributed by atoms with Gasteiger partial charge in [0.25, 0.3) is 5.24 Å². The minimum absolute atomic E-state index is 0.0739. The average Bonchev–Trinajstić information content (AvgIpc) is 2.20. The van der Waals surface area contributed by atoms with Crippen molar-refractivity contribution in [1.29, 1.82) is 0 Å². The zero-order chi connectivity index (χ0) is 11.3. The fourth-order valence-electron chi connectivity index (χ4n) is 0.923. The molecule has 5 heteroatoms. The lowest BCUT2D eigenvalue weighted by Gasteiger charge is -2.05. The first-order valence-corrected chi connectivity index (χ1v) is 6.26. The maximum absolute atomic E-state index is 11.3. The number of rotatable bonds is 3. The lowest BCUT2D eigenvalue weighted by atomic mass is 10.3. The molecule has 1 N–H and O–H groups in total. The van der Waals surface area contributed by atoms with Crippen molar-refractivity contribution in [2.24, 2.45) is 0 Å². The Morgan fingerprint density at radius 3 is 2.73 bits per heavy atom. The molecular formula is C10H11Cl2NOS. The van der Waals surface area contributed by atoms with E-state index in [4.69, 9.17) is 23.2 Å². The molecule has 0 saturated carbocycles. The summed E-state index contributed by atoms with van der Waals surface area (Å²) in [6, 6.07) is 5.01. The molecule has 1 aromatic rings. The summed E-state index contributed by atoms with van der Waals surface area (Å²) in [6.45, 7) is 2.03. The average molecular weight is 264 g/mol. The fourth-order valence-corrected chi connectivity index (χ4v) is 1.80. The predicted octanol–water partition coefficient (Wildman–Crippen LogP) is 4.67. The summed E-state index contributed by atoms with van der Waals surface area (Å²) < 4.78 is 0. The first-order valence-electron chi connectivity index (χ1n) is 4.52. The second-order valence-corrected chi connectivity index (χ2v) is 4.77. The molecule has 0 aliphatic carbocycles. The number of nitrogens with one attached hydrogen (secondary N) is 1. The van der Waals surface area contributed by atoms with Crippen molar-refractivity contribution >= 4 is 45.9 Å². The number of amides is 1. The monoisotopic (exact) mass is 263 g/mol. The molecule has 0 spiro atoms. The maximum atomic E-state index is 11.3.